The molecule has 1 aliphatic rings. The van der Waals surface area contributed by atoms with Crippen LogP contribution in [0.1, 0.15) is 40.5 Å². The first-order valence-electron chi connectivity index (χ1n) is 4.42. The zero-order chi connectivity index (χ0) is 8.70. The maximum atomic E-state index is 2.49. The van der Waals surface area contributed by atoms with E-state index in [0.29, 0.717) is 11.1 Å². The van der Waals surface area contributed by atoms with Crippen LogP contribution in [0, 0.1) is 6.42 Å². The Bertz CT molecular complexity index is 136. The van der Waals surface area contributed by atoms with E-state index in [1.165, 1.54) is 12.8 Å². The van der Waals surface area contributed by atoms with E-state index in [0.717, 1.165) is 0 Å². The molecule has 0 aliphatic carbocycles. The van der Waals surface area contributed by atoms with Gasteiger partial charge < -0.3 is 11.3 Å². The molecule has 0 unspecified atom stereocenters. The molecule has 12 heavy (non-hydrogen) atoms. The predicted molar refractivity (Wildman–Crippen MR) is 49.5 cm³/mol. The van der Waals surface area contributed by atoms with Gasteiger partial charge in [-0.3, -0.25) is 0 Å². The molecule has 1 heterocycles. The summed E-state index contributed by atoms with van der Waals surface area (Å²) in [5.74, 6) is 0. The van der Waals surface area contributed by atoms with Crippen LogP contribution in [0.3, 0.4) is 0 Å². The predicted octanol–water partition coefficient (Wildman–Crippen LogP) is 2.47. The topological polar surface area (TPSA) is 3.24 Å². The second kappa shape index (κ2) is 4.06. The van der Waals surface area contributed by atoms with Crippen LogP contribution in [0.15, 0.2) is 0 Å². The van der Waals surface area contributed by atoms with Crippen molar-refractivity contribution in [2.45, 2.75) is 51.6 Å². The molecule has 0 saturated carbocycles. The minimum absolute atomic E-state index is 0. The molecule has 69 valence electrons. The Morgan fingerprint density at radius 2 is 1.33 bits per heavy atom. The van der Waals surface area contributed by atoms with Crippen LogP contribution in [0.4, 0.5) is 0 Å². The second-order valence-corrected chi connectivity index (χ2v) is 4.88. The summed E-state index contributed by atoms with van der Waals surface area (Å²) < 4.78 is 0. The molecule has 2 heteroatoms. The molecule has 1 nitrogen and oxygen atoms in total. The number of nitrogens with zero attached hydrogens (tertiary/aromatic N) is 1. The van der Waals surface area contributed by atoms with Crippen LogP contribution in [0.25, 0.3) is 0 Å². The molecule has 0 N–H and O–H groups in total. The fourth-order valence-corrected chi connectivity index (χ4v) is 1.87. The fourth-order valence-electron chi connectivity index (χ4n) is 1.87. The van der Waals surface area contributed by atoms with Crippen LogP contribution in [0.5, 0.6) is 0 Å². The molecule has 1 radical (unpaired) electrons. The van der Waals surface area contributed by atoms with E-state index >= 15 is 0 Å². The van der Waals surface area contributed by atoms with E-state index in [1.54, 1.807) is 0 Å². The van der Waals surface area contributed by atoms with Crippen molar-refractivity contribution in [2.24, 2.45) is 0 Å². The first-order chi connectivity index (χ1) is 4.86. The molecule has 0 aromatic carbocycles. The summed E-state index contributed by atoms with van der Waals surface area (Å²) in [7, 11) is 2.23. The van der Waals surface area contributed by atoms with Crippen molar-refractivity contribution in [1.82, 2.24) is 4.90 Å². The third-order valence-corrected chi connectivity index (χ3v) is 3.10. The Labute approximate surface area is 102 Å². The van der Waals surface area contributed by atoms with E-state index < -0.39 is 0 Å². The van der Waals surface area contributed by atoms with Crippen molar-refractivity contribution in [3.8, 4) is 0 Å². The Kier molecular flexibility index (Phi) is 4.42. The first kappa shape index (κ1) is 13.1. The van der Waals surface area contributed by atoms with Gasteiger partial charge in [0.05, 0.1) is 0 Å². The standard InChI is InChI=1S/C10H20N.Y/c1-9(2)7-6-8-10(3,4)11(9)5;/h6H,7-8H2,1-5H3;/q-1;. The van der Waals surface area contributed by atoms with E-state index in [-0.39, 0.29) is 32.7 Å². The molecule has 1 aliphatic heterocycles. The zero-order valence-electron chi connectivity index (χ0n) is 9.02. The molecule has 0 atom stereocenters. The minimum atomic E-state index is 0. The van der Waals surface area contributed by atoms with Gasteiger partial charge >= 0.3 is 0 Å². The van der Waals surface area contributed by atoms with Gasteiger partial charge in [-0.15, -0.1) is 0 Å². The van der Waals surface area contributed by atoms with Gasteiger partial charge in [-0.05, 0) is 45.8 Å². The molecule has 0 aromatic rings. The third kappa shape index (κ3) is 2.53. The molecular formula is C10H20NY-. The largest absolute Gasteiger partial charge is 0.325 e. The van der Waals surface area contributed by atoms with Crippen molar-refractivity contribution in [3.05, 3.63) is 6.42 Å². The summed E-state index contributed by atoms with van der Waals surface area (Å²) in [5.41, 5.74) is 0.698. The van der Waals surface area contributed by atoms with Crippen LogP contribution in [-0.2, 0) is 32.7 Å². The number of hydrogen-bond donors (Lipinski definition) is 0. The van der Waals surface area contributed by atoms with Crippen LogP contribution in [0.2, 0.25) is 0 Å². The number of hydrogen-bond acceptors (Lipinski definition) is 1. The number of piperidine rings is 1. The Morgan fingerprint density at radius 3 is 1.58 bits per heavy atom. The quantitative estimate of drug-likeness (QED) is 0.591. The maximum Gasteiger partial charge on any atom is 0 e. The van der Waals surface area contributed by atoms with Gasteiger partial charge in [0.2, 0.25) is 0 Å². The number of likely N-dealkylation sites (tertiary alicyclic amines) is 1. The monoisotopic (exact) mass is 243 g/mol. The summed E-state index contributed by atoms with van der Waals surface area (Å²) in [4.78, 5) is 2.49. The molecule has 0 amide bonds. The first-order valence-corrected chi connectivity index (χ1v) is 4.42. The maximum absolute atomic E-state index is 2.49. The van der Waals surface area contributed by atoms with Crippen molar-refractivity contribution in [1.29, 1.82) is 0 Å². The van der Waals surface area contributed by atoms with Gasteiger partial charge in [-0.25, -0.2) is 0 Å². The SMILES string of the molecule is CN1C(C)(C)C[CH-]CC1(C)C.[Y]. The van der Waals surface area contributed by atoms with E-state index in [1.807, 2.05) is 0 Å². The van der Waals surface area contributed by atoms with Gasteiger partial charge in [0, 0.05) is 32.7 Å². The van der Waals surface area contributed by atoms with Crippen molar-refractivity contribution < 1.29 is 32.7 Å². The Hall–Kier alpha value is 1.06. The van der Waals surface area contributed by atoms with Crippen LogP contribution >= 0.6 is 0 Å². The average Bonchev–Trinajstić information content (AvgIpc) is 1.82. The zero-order valence-corrected chi connectivity index (χ0v) is 11.9. The van der Waals surface area contributed by atoms with Crippen molar-refractivity contribution in [2.75, 3.05) is 7.05 Å². The fraction of sp³-hybridized carbons (Fsp3) is 0.900. The Morgan fingerprint density at radius 1 is 1.00 bits per heavy atom. The van der Waals surface area contributed by atoms with E-state index in [4.69, 9.17) is 0 Å². The summed E-state index contributed by atoms with van der Waals surface area (Å²) in [6, 6.07) is 0. The summed E-state index contributed by atoms with van der Waals surface area (Å²) in [6.45, 7) is 9.24. The number of rotatable bonds is 0. The molecular weight excluding hydrogens is 223 g/mol. The molecule has 1 rings (SSSR count). The molecule has 1 saturated heterocycles. The van der Waals surface area contributed by atoms with Crippen molar-refractivity contribution >= 4 is 0 Å². The average molecular weight is 243 g/mol. The smallest absolute Gasteiger partial charge is 0 e. The van der Waals surface area contributed by atoms with Gasteiger partial charge in [-0.2, -0.15) is 12.8 Å². The van der Waals surface area contributed by atoms with Crippen LogP contribution in [-0.4, -0.2) is 23.0 Å². The van der Waals surface area contributed by atoms with Gasteiger partial charge in [-0.1, -0.05) is 0 Å². The van der Waals surface area contributed by atoms with Gasteiger partial charge in [0.15, 0.2) is 0 Å². The molecule has 0 spiro atoms. The summed E-state index contributed by atoms with van der Waals surface area (Å²) in [5, 5.41) is 0. The van der Waals surface area contributed by atoms with Crippen LogP contribution < -0.4 is 0 Å². The molecule has 1 fully saturated rings. The van der Waals surface area contributed by atoms with Crippen molar-refractivity contribution in [3.63, 3.8) is 0 Å². The molecule has 0 bridgehead atoms. The second-order valence-electron chi connectivity index (χ2n) is 4.88. The summed E-state index contributed by atoms with van der Waals surface area (Å²) in [6.07, 6.45) is 4.85. The summed E-state index contributed by atoms with van der Waals surface area (Å²) >= 11 is 0. The van der Waals surface area contributed by atoms with Gasteiger partial charge in [0.1, 0.15) is 0 Å². The molecule has 0 aromatic heterocycles. The third-order valence-electron chi connectivity index (χ3n) is 3.10. The normalized spacial score (nSPS) is 27.8. The Balaban J connectivity index is 0.00000121. The minimum Gasteiger partial charge on any atom is -0.325 e. The van der Waals surface area contributed by atoms with E-state index in [9.17, 15) is 0 Å². The van der Waals surface area contributed by atoms with E-state index in [2.05, 4.69) is 46.1 Å². The van der Waals surface area contributed by atoms with Gasteiger partial charge in [0.25, 0.3) is 0 Å².